The van der Waals surface area contributed by atoms with Crippen molar-refractivity contribution in [2.24, 2.45) is 0 Å². The predicted octanol–water partition coefficient (Wildman–Crippen LogP) is 3.26. The first kappa shape index (κ1) is 16.8. The summed E-state index contributed by atoms with van der Waals surface area (Å²) in [4.78, 5) is 23.2. The molecule has 2 N–H and O–H groups in total. The summed E-state index contributed by atoms with van der Waals surface area (Å²) in [6, 6.07) is 15.4. The molecule has 1 heterocycles. The van der Waals surface area contributed by atoms with Crippen LogP contribution in [0.1, 0.15) is 33.5 Å². The van der Waals surface area contributed by atoms with Crippen LogP contribution in [0, 0.1) is 0 Å². The Labute approximate surface area is 146 Å². The number of nitrogens with one attached hydrogen (secondary N) is 2. The Hall–Kier alpha value is -3.08. The standard InChI is InChI=1S/C20H20N2O3/c23-19-18-12-15(9-10-17(18)13-22-19)6-4-5-11-21-20(24)25-14-16-7-2-1-3-8-16/h1-4,6-10,12H,5,11,13-14H2,(H,21,24)(H,22,23). The minimum Gasteiger partial charge on any atom is -0.445 e. The molecule has 0 unspecified atom stereocenters. The van der Waals surface area contributed by atoms with Crippen LogP contribution in [-0.2, 0) is 17.9 Å². The van der Waals surface area contributed by atoms with Gasteiger partial charge in [-0.05, 0) is 29.2 Å². The van der Waals surface area contributed by atoms with Crippen molar-refractivity contribution in [1.29, 1.82) is 0 Å². The van der Waals surface area contributed by atoms with Crippen LogP contribution >= 0.6 is 0 Å². The second kappa shape index (κ2) is 8.15. The molecule has 0 radical (unpaired) electrons. The first-order valence-electron chi connectivity index (χ1n) is 8.24. The number of carbonyl (C=O) groups excluding carboxylic acids is 2. The summed E-state index contributed by atoms with van der Waals surface area (Å²) in [6.45, 7) is 1.36. The number of carbonyl (C=O) groups is 2. The van der Waals surface area contributed by atoms with E-state index >= 15 is 0 Å². The normalized spacial score (nSPS) is 12.7. The topological polar surface area (TPSA) is 67.4 Å². The van der Waals surface area contributed by atoms with Gasteiger partial charge in [-0.2, -0.15) is 0 Å². The molecule has 0 saturated carbocycles. The molecule has 2 aromatic rings. The van der Waals surface area contributed by atoms with Crippen LogP contribution in [0.2, 0.25) is 0 Å². The molecule has 1 aliphatic heterocycles. The number of fused-ring (bicyclic) bond motifs is 1. The number of hydrogen-bond donors (Lipinski definition) is 2. The second-order valence-electron chi connectivity index (χ2n) is 5.78. The largest absolute Gasteiger partial charge is 0.445 e. The molecular weight excluding hydrogens is 316 g/mol. The smallest absolute Gasteiger partial charge is 0.407 e. The average Bonchev–Trinajstić information content (AvgIpc) is 3.01. The van der Waals surface area contributed by atoms with Crippen LogP contribution in [0.3, 0.4) is 0 Å². The van der Waals surface area contributed by atoms with Crippen LogP contribution in [0.15, 0.2) is 54.6 Å². The van der Waals surface area contributed by atoms with Gasteiger partial charge in [-0.3, -0.25) is 4.79 Å². The van der Waals surface area contributed by atoms with Crippen molar-refractivity contribution in [1.82, 2.24) is 10.6 Å². The maximum Gasteiger partial charge on any atom is 0.407 e. The Morgan fingerprint density at radius 2 is 2.04 bits per heavy atom. The quantitative estimate of drug-likeness (QED) is 0.796. The fourth-order valence-corrected chi connectivity index (χ4v) is 2.59. The fraction of sp³-hybridized carbons (Fsp3) is 0.200. The van der Waals surface area contributed by atoms with E-state index in [9.17, 15) is 9.59 Å². The number of amides is 2. The molecule has 5 heteroatoms. The lowest BCUT2D eigenvalue weighted by Crippen LogP contribution is -2.24. The molecule has 0 fully saturated rings. The molecule has 0 spiro atoms. The molecule has 128 valence electrons. The van der Waals surface area contributed by atoms with E-state index < -0.39 is 6.09 Å². The number of benzene rings is 2. The Bertz CT molecular complexity index is 785. The van der Waals surface area contributed by atoms with Gasteiger partial charge in [-0.1, -0.05) is 54.6 Å². The van der Waals surface area contributed by atoms with Gasteiger partial charge in [-0.15, -0.1) is 0 Å². The molecule has 2 aromatic carbocycles. The molecule has 0 saturated heterocycles. The Kier molecular flexibility index (Phi) is 5.46. The van der Waals surface area contributed by atoms with Crippen molar-refractivity contribution in [3.63, 3.8) is 0 Å². The van der Waals surface area contributed by atoms with E-state index in [0.29, 0.717) is 19.5 Å². The molecule has 2 amide bonds. The fourth-order valence-electron chi connectivity index (χ4n) is 2.59. The molecule has 0 bridgehead atoms. The summed E-state index contributed by atoms with van der Waals surface area (Å²) in [7, 11) is 0. The van der Waals surface area contributed by atoms with Crippen LogP contribution in [0.25, 0.3) is 6.08 Å². The zero-order chi connectivity index (χ0) is 17.5. The minimum atomic E-state index is -0.425. The molecule has 0 aromatic heterocycles. The summed E-state index contributed by atoms with van der Waals surface area (Å²) in [5, 5.41) is 5.51. The second-order valence-corrected chi connectivity index (χ2v) is 5.78. The lowest BCUT2D eigenvalue weighted by molar-refractivity contribution is 0.0965. The first-order chi connectivity index (χ1) is 12.2. The number of hydrogen-bond acceptors (Lipinski definition) is 3. The number of rotatable bonds is 6. The van der Waals surface area contributed by atoms with Gasteiger partial charge >= 0.3 is 6.09 Å². The van der Waals surface area contributed by atoms with Crippen LogP contribution in [0.4, 0.5) is 4.79 Å². The van der Waals surface area contributed by atoms with E-state index in [0.717, 1.165) is 22.3 Å². The highest BCUT2D eigenvalue weighted by molar-refractivity contribution is 5.98. The number of alkyl carbamates (subject to hydrolysis) is 1. The monoisotopic (exact) mass is 336 g/mol. The van der Waals surface area contributed by atoms with Gasteiger partial charge in [0.2, 0.25) is 0 Å². The Morgan fingerprint density at radius 1 is 1.20 bits per heavy atom. The van der Waals surface area contributed by atoms with Crippen molar-refractivity contribution in [2.45, 2.75) is 19.6 Å². The SMILES string of the molecule is O=C(NCCC=Cc1ccc2c(c1)C(=O)NC2)OCc1ccccc1. The third kappa shape index (κ3) is 4.70. The summed E-state index contributed by atoms with van der Waals surface area (Å²) in [6.07, 6.45) is 4.17. The molecule has 25 heavy (non-hydrogen) atoms. The lowest BCUT2D eigenvalue weighted by Gasteiger charge is -2.05. The van der Waals surface area contributed by atoms with E-state index in [2.05, 4.69) is 10.6 Å². The zero-order valence-corrected chi connectivity index (χ0v) is 13.8. The summed E-state index contributed by atoms with van der Waals surface area (Å²) >= 11 is 0. The van der Waals surface area contributed by atoms with Gasteiger partial charge in [0.05, 0.1) is 0 Å². The number of ether oxygens (including phenoxy) is 1. The summed E-state index contributed by atoms with van der Waals surface area (Å²) in [5.41, 5.74) is 3.70. The third-order valence-corrected chi connectivity index (χ3v) is 3.92. The molecular formula is C20H20N2O3. The van der Waals surface area contributed by atoms with Gasteiger partial charge in [-0.25, -0.2) is 4.79 Å². The van der Waals surface area contributed by atoms with E-state index in [1.807, 2.05) is 60.7 Å². The maximum atomic E-state index is 11.6. The first-order valence-corrected chi connectivity index (χ1v) is 8.24. The van der Waals surface area contributed by atoms with Crippen molar-refractivity contribution in [3.05, 3.63) is 76.9 Å². The molecule has 5 nitrogen and oxygen atoms in total. The highest BCUT2D eigenvalue weighted by Gasteiger charge is 2.17. The van der Waals surface area contributed by atoms with Crippen molar-refractivity contribution < 1.29 is 14.3 Å². The Balaban J connectivity index is 1.38. The van der Waals surface area contributed by atoms with Gasteiger partial charge in [0, 0.05) is 18.7 Å². The van der Waals surface area contributed by atoms with E-state index in [1.54, 1.807) is 0 Å². The minimum absolute atomic E-state index is 0.0203. The van der Waals surface area contributed by atoms with E-state index in [1.165, 1.54) is 0 Å². The van der Waals surface area contributed by atoms with Crippen LogP contribution < -0.4 is 10.6 Å². The highest BCUT2D eigenvalue weighted by Crippen LogP contribution is 2.18. The molecule has 1 aliphatic rings. The van der Waals surface area contributed by atoms with Gasteiger partial charge in [0.1, 0.15) is 6.61 Å². The van der Waals surface area contributed by atoms with Crippen LogP contribution in [0.5, 0.6) is 0 Å². The molecule has 0 atom stereocenters. The predicted molar refractivity (Wildman–Crippen MR) is 95.9 cm³/mol. The molecule has 0 aliphatic carbocycles. The van der Waals surface area contributed by atoms with Gasteiger partial charge in [0.15, 0.2) is 0 Å². The van der Waals surface area contributed by atoms with Gasteiger partial charge in [0.25, 0.3) is 5.91 Å². The highest BCUT2D eigenvalue weighted by atomic mass is 16.5. The van der Waals surface area contributed by atoms with Crippen LogP contribution in [-0.4, -0.2) is 18.5 Å². The lowest BCUT2D eigenvalue weighted by atomic mass is 10.1. The maximum absolute atomic E-state index is 11.6. The summed E-state index contributed by atoms with van der Waals surface area (Å²) < 4.78 is 5.14. The van der Waals surface area contributed by atoms with Crippen molar-refractivity contribution >= 4 is 18.1 Å². The summed E-state index contributed by atoms with van der Waals surface area (Å²) in [5.74, 6) is -0.0203. The van der Waals surface area contributed by atoms with E-state index in [4.69, 9.17) is 4.74 Å². The van der Waals surface area contributed by atoms with Crippen molar-refractivity contribution in [2.75, 3.05) is 6.54 Å². The Morgan fingerprint density at radius 3 is 2.88 bits per heavy atom. The average molecular weight is 336 g/mol. The van der Waals surface area contributed by atoms with Gasteiger partial charge < -0.3 is 15.4 Å². The van der Waals surface area contributed by atoms with Crippen molar-refractivity contribution in [3.8, 4) is 0 Å². The van der Waals surface area contributed by atoms with E-state index in [-0.39, 0.29) is 12.5 Å². The zero-order valence-electron chi connectivity index (χ0n) is 13.8. The molecule has 3 rings (SSSR count). The third-order valence-electron chi connectivity index (χ3n) is 3.92.